The molecule has 140 valence electrons. The lowest BCUT2D eigenvalue weighted by Crippen LogP contribution is -2.33. The van der Waals surface area contributed by atoms with Crippen LogP contribution in [0, 0.1) is 10.1 Å². The van der Waals surface area contributed by atoms with E-state index in [9.17, 15) is 40.9 Å². The maximum atomic E-state index is 12.6. The summed E-state index contributed by atoms with van der Waals surface area (Å²) in [7, 11) is -3.70. The molecule has 25 heavy (non-hydrogen) atoms. The number of ether oxygens (including phenoxy) is 1. The molecule has 13 heteroatoms. The van der Waals surface area contributed by atoms with E-state index in [4.69, 9.17) is 0 Å². The number of carbonyl (C=O) groups excluding carboxylic acids is 1. The van der Waals surface area contributed by atoms with E-state index < -0.39 is 51.1 Å². The number of nitro benzene ring substituents is 1. The number of alkyl halides is 4. The van der Waals surface area contributed by atoms with E-state index in [0.29, 0.717) is 11.8 Å². The summed E-state index contributed by atoms with van der Waals surface area (Å²) >= 11 is 0.518. The van der Waals surface area contributed by atoms with E-state index >= 15 is 0 Å². The second-order valence-electron chi connectivity index (χ2n) is 4.67. The zero-order valence-corrected chi connectivity index (χ0v) is 14.1. The summed E-state index contributed by atoms with van der Waals surface area (Å²) in [5, 5.41) is 11.0. The van der Waals surface area contributed by atoms with Crippen molar-refractivity contribution in [3.05, 3.63) is 28.3 Å². The molecule has 0 saturated heterocycles. The monoisotopic (exact) mass is 405 g/mol. The number of esters is 1. The number of hydrogen-bond donors (Lipinski definition) is 0. The third-order valence-corrected chi connectivity index (χ3v) is 4.79. The lowest BCUT2D eigenvalue weighted by Gasteiger charge is -2.14. The summed E-state index contributed by atoms with van der Waals surface area (Å²) in [5.41, 5.74) is -0.612. The van der Waals surface area contributed by atoms with Gasteiger partial charge in [0.25, 0.3) is 5.69 Å². The molecule has 0 bridgehead atoms. The number of rotatable bonds is 8. The minimum Gasteiger partial charge on any atom is -0.458 e. The highest BCUT2D eigenvalue weighted by Gasteiger charge is 2.42. The van der Waals surface area contributed by atoms with E-state index in [1.165, 1.54) is 0 Å². The van der Waals surface area contributed by atoms with E-state index in [-0.39, 0.29) is 9.79 Å². The Morgan fingerprint density at radius 3 is 2.48 bits per heavy atom. The molecule has 1 aromatic carbocycles. The van der Waals surface area contributed by atoms with Crippen molar-refractivity contribution in [2.45, 2.75) is 22.1 Å². The fraction of sp³-hybridized carbons (Fsp3) is 0.417. The molecule has 1 rings (SSSR count). The maximum Gasteiger partial charge on any atom is 0.340 e. The van der Waals surface area contributed by atoms with Gasteiger partial charge in [-0.15, -0.1) is 11.8 Å². The molecule has 0 aliphatic heterocycles. The Balaban J connectivity index is 2.80. The smallest absolute Gasteiger partial charge is 0.340 e. The Morgan fingerprint density at radius 2 is 2.00 bits per heavy atom. The summed E-state index contributed by atoms with van der Waals surface area (Å²) in [6.07, 6.45) is -3.16. The topological polar surface area (TPSA) is 104 Å². The fourth-order valence-corrected chi connectivity index (χ4v) is 2.85. The van der Waals surface area contributed by atoms with E-state index in [0.717, 1.165) is 24.5 Å². The maximum absolute atomic E-state index is 12.6. The van der Waals surface area contributed by atoms with Crippen molar-refractivity contribution in [3.63, 3.8) is 0 Å². The highest BCUT2D eigenvalue weighted by molar-refractivity contribution is 8.00. The van der Waals surface area contributed by atoms with Crippen LogP contribution in [0.4, 0.5) is 23.2 Å². The average Bonchev–Trinajstić information content (AvgIpc) is 2.49. The minimum absolute atomic E-state index is 0.116. The largest absolute Gasteiger partial charge is 0.458 e. The van der Waals surface area contributed by atoms with Crippen LogP contribution in [0.5, 0.6) is 0 Å². The van der Waals surface area contributed by atoms with Crippen LogP contribution in [0.1, 0.15) is 0 Å². The zero-order chi connectivity index (χ0) is 19.4. The lowest BCUT2D eigenvalue weighted by molar-refractivity contribution is -0.388. The van der Waals surface area contributed by atoms with Gasteiger partial charge in [-0.1, -0.05) is 0 Å². The van der Waals surface area contributed by atoms with Crippen molar-refractivity contribution >= 4 is 33.3 Å². The minimum atomic E-state index is -4.50. The second-order valence-corrected chi connectivity index (χ2v) is 7.70. The van der Waals surface area contributed by atoms with Crippen molar-refractivity contribution in [2.24, 2.45) is 0 Å². The molecule has 0 aliphatic carbocycles. The van der Waals surface area contributed by atoms with Crippen LogP contribution in [0.15, 0.2) is 28.0 Å². The van der Waals surface area contributed by atoms with Crippen molar-refractivity contribution in [1.29, 1.82) is 0 Å². The Hall–Kier alpha value is -1.89. The van der Waals surface area contributed by atoms with Gasteiger partial charge in [0.1, 0.15) is 0 Å². The molecule has 0 amide bonds. The Morgan fingerprint density at radius 1 is 1.40 bits per heavy atom. The number of nitrogens with zero attached hydrogens (tertiary/aromatic N) is 1. The van der Waals surface area contributed by atoms with Crippen LogP contribution in [0.2, 0.25) is 0 Å². The van der Waals surface area contributed by atoms with E-state index in [2.05, 4.69) is 4.74 Å². The summed E-state index contributed by atoms with van der Waals surface area (Å²) in [4.78, 5) is 21.0. The molecule has 0 radical (unpaired) electrons. The highest BCUT2D eigenvalue weighted by atomic mass is 32.2. The number of hydrogen-bond acceptors (Lipinski definition) is 7. The number of halogens is 4. The van der Waals surface area contributed by atoms with E-state index in [1.54, 1.807) is 0 Å². The van der Waals surface area contributed by atoms with Gasteiger partial charge < -0.3 is 4.74 Å². The summed E-state index contributed by atoms with van der Waals surface area (Å²) in [6.45, 7) is -1.82. The number of carbonyl (C=O) groups is 1. The van der Waals surface area contributed by atoms with Gasteiger partial charge in [0.15, 0.2) is 16.4 Å². The van der Waals surface area contributed by atoms with Crippen LogP contribution >= 0.6 is 11.8 Å². The molecule has 0 saturated carbocycles. The predicted octanol–water partition coefficient (Wildman–Crippen LogP) is 2.53. The first-order chi connectivity index (χ1) is 11.3. The molecule has 1 aromatic rings. The average molecular weight is 405 g/mol. The molecular formula is C12H11F4NO6S2. The fourth-order valence-electron chi connectivity index (χ4n) is 1.41. The van der Waals surface area contributed by atoms with Gasteiger partial charge in [-0.25, -0.2) is 17.2 Å². The van der Waals surface area contributed by atoms with Gasteiger partial charge in [0.2, 0.25) is 0 Å². The quantitative estimate of drug-likeness (QED) is 0.215. The first kappa shape index (κ1) is 21.2. The third-order valence-electron chi connectivity index (χ3n) is 2.65. The summed E-state index contributed by atoms with van der Waals surface area (Å²) in [6, 6.07) is 2.93. The molecule has 0 aliphatic rings. The standard InChI is InChI=1S/C12H11F4NO6S2/c1-25(21,22)7-2-3-9(8(4-7)17(19)20)24-5-10(18)23-6-12(15,16)11(13)14/h2-4,11H,5-6H2,1H3. The van der Waals surface area contributed by atoms with Crippen molar-refractivity contribution in [1.82, 2.24) is 0 Å². The molecule has 0 aromatic heterocycles. The van der Waals surface area contributed by atoms with Crippen LogP contribution in [-0.2, 0) is 19.4 Å². The second kappa shape index (κ2) is 7.99. The first-order valence-electron chi connectivity index (χ1n) is 6.27. The first-order valence-corrected chi connectivity index (χ1v) is 9.15. The molecule has 0 N–H and O–H groups in total. The van der Waals surface area contributed by atoms with Gasteiger partial charge in [0.05, 0.1) is 20.5 Å². The normalized spacial score (nSPS) is 12.2. The van der Waals surface area contributed by atoms with Crippen molar-refractivity contribution < 1.29 is 40.4 Å². The van der Waals surface area contributed by atoms with Gasteiger partial charge >= 0.3 is 18.3 Å². The zero-order valence-electron chi connectivity index (χ0n) is 12.4. The van der Waals surface area contributed by atoms with Crippen LogP contribution in [0.3, 0.4) is 0 Å². The number of sulfone groups is 1. The van der Waals surface area contributed by atoms with Crippen molar-refractivity contribution in [3.8, 4) is 0 Å². The molecular weight excluding hydrogens is 394 g/mol. The third kappa shape index (κ3) is 6.16. The molecule has 7 nitrogen and oxygen atoms in total. The molecule has 0 heterocycles. The molecule has 0 spiro atoms. The highest BCUT2D eigenvalue weighted by Crippen LogP contribution is 2.31. The lowest BCUT2D eigenvalue weighted by atomic mass is 10.3. The molecule has 0 atom stereocenters. The van der Waals surface area contributed by atoms with Gasteiger partial charge in [-0.3, -0.25) is 14.9 Å². The van der Waals surface area contributed by atoms with Crippen molar-refractivity contribution in [2.75, 3.05) is 18.6 Å². The Labute approximate surface area is 143 Å². The van der Waals surface area contributed by atoms with Crippen LogP contribution in [0.25, 0.3) is 0 Å². The summed E-state index contributed by atoms with van der Waals surface area (Å²) in [5.74, 6) is -6.45. The number of nitro groups is 1. The van der Waals surface area contributed by atoms with Gasteiger partial charge in [-0.2, -0.15) is 8.78 Å². The van der Waals surface area contributed by atoms with E-state index in [1.807, 2.05) is 0 Å². The molecule has 0 fully saturated rings. The SMILES string of the molecule is CS(=O)(=O)c1ccc(SCC(=O)OCC(F)(F)C(F)F)c([N+](=O)[O-])c1. The van der Waals surface area contributed by atoms with Gasteiger partial charge in [-0.05, 0) is 12.1 Å². The van der Waals surface area contributed by atoms with Crippen LogP contribution < -0.4 is 0 Å². The molecule has 0 unspecified atom stereocenters. The Bertz CT molecular complexity index is 769. The van der Waals surface area contributed by atoms with Crippen LogP contribution in [-0.4, -0.2) is 50.3 Å². The summed E-state index contributed by atoms with van der Waals surface area (Å²) < 4.78 is 75.8. The van der Waals surface area contributed by atoms with Gasteiger partial charge in [0, 0.05) is 12.3 Å². The predicted molar refractivity (Wildman–Crippen MR) is 78.8 cm³/mol. The Kier molecular flexibility index (Phi) is 6.76. The number of thioether (sulfide) groups is 1. The number of benzene rings is 1.